The standard InChI is InChI=1S/C13H9BrCl2N2O/c1-7-4-10(16)11(5-9(7)15)18-13(19)8-2-3-12(14)17-6-8/h2-6H,1H3,(H,18,19). The number of nitrogens with zero attached hydrogens (tertiary/aromatic N) is 1. The first-order valence-corrected chi connectivity index (χ1v) is 6.91. The van der Waals surface area contributed by atoms with Gasteiger partial charge in [-0.25, -0.2) is 4.98 Å². The van der Waals surface area contributed by atoms with Crippen molar-refractivity contribution < 1.29 is 4.79 Å². The third-order valence-corrected chi connectivity index (χ3v) is 3.68. The first-order chi connectivity index (χ1) is 8.97. The van der Waals surface area contributed by atoms with E-state index in [-0.39, 0.29) is 5.91 Å². The molecular formula is C13H9BrCl2N2O. The van der Waals surface area contributed by atoms with Crippen LogP contribution in [0.25, 0.3) is 0 Å². The molecule has 0 unspecified atom stereocenters. The Bertz CT molecular complexity index is 629. The highest BCUT2D eigenvalue weighted by molar-refractivity contribution is 9.10. The van der Waals surface area contributed by atoms with Crippen molar-refractivity contribution in [2.24, 2.45) is 0 Å². The number of pyridine rings is 1. The molecule has 3 nitrogen and oxygen atoms in total. The van der Waals surface area contributed by atoms with Gasteiger partial charge >= 0.3 is 0 Å². The SMILES string of the molecule is Cc1cc(Cl)c(NC(=O)c2ccc(Br)nc2)cc1Cl. The number of rotatable bonds is 2. The fourth-order valence-electron chi connectivity index (χ4n) is 1.45. The molecule has 0 radical (unpaired) electrons. The van der Waals surface area contributed by atoms with Crippen LogP contribution < -0.4 is 5.32 Å². The zero-order chi connectivity index (χ0) is 14.0. The highest BCUT2D eigenvalue weighted by atomic mass is 79.9. The molecule has 0 aliphatic rings. The molecule has 6 heteroatoms. The zero-order valence-electron chi connectivity index (χ0n) is 9.88. The minimum atomic E-state index is -0.290. The van der Waals surface area contributed by atoms with E-state index < -0.39 is 0 Å². The molecule has 19 heavy (non-hydrogen) atoms. The van der Waals surface area contributed by atoms with E-state index >= 15 is 0 Å². The topological polar surface area (TPSA) is 42.0 Å². The van der Waals surface area contributed by atoms with E-state index in [0.29, 0.717) is 25.9 Å². The minimum absolute atomic E-state index is 0.290. The van der Waals surface area contributed by atoms with Crippen LogP contribution in [0.5, 0.6) is 0 Å². The molecule has 0 fully saturated rings. The number of carbonyl (C=O) groups is 1. The second-order valence-corrected chi connectivity index (χ2v) is 5.53. The summed E-state index contributed by atoms with van der Waals surface area (Å²) in [5.74, 6) is -0.290. The number of benzene rings is 1. The van der Waals surface area contributed by atoms with Gasteiger partial charge in [0.15, 0.2) is 0 Å². The lowest BCUT2D eigenvalue weighted by Gasteiger charge is -2.09. The number of halogens is 3. The van der Waals surface area contributed by atoms with Crippen LogP contribution in [0, 0.1) is 6.92 Å². The minimum Gasteiger partial charge on any atom is -0.321 e. The molecule has 0 aliphatic heterocycles. The number of nitrogens with one attached hydrogen (secondary N) is 1. The van der Waals surface area contributed by atoms with Crippen LogP contribution in [0.2, 0.25) is 10.0 Å². The average Bonchev–Trinajstić information content (AvgIpc) is 2.36. The van der Waals surface area contributed by atoms with Crippen molar-refractivity contribution in [2.75, 3.05) is 5.32 Å². The van der Waals surface area contributed by atoms with Crippen molar-refractivity contribution in [1.29, 1.82) is 0 Å². The Morgan fingerprint density at radius 3 is 2.63 bits per heavy atom. The molecule has 1 amide bonds. The van der Waals surface area contributed by atoms with Crippen LogP contribution in [-0.2, 0) is 0 Å². The Morgan fingerprint density at radius 2 is 2.00 bits per heavy atom. The Kier molecular flexibility index (Phi) is 4.45. The molecular weight excluding hydrogens is 351 g/mol. The van der Waals surface area contributed by atoms with Crippen LogP contribution in [0.3, 0.4) is 0 Å². The van der Waals surface area contributed by atoms with Crippen LogP contribution >= 0.6 is 39.1 Å². The van der Waals surface area contributed by atoms with Gasteiger partial charge < -0.3 is 5.32 Å². The normalized spacial score (nSPS) is 10.3. The highest BCUT2D eigenvalue weighted by Crippen LogP contribution is 2.29. The molecule has 0 saturated carbocycles. The molecule has 0 atom stereocenters. The summed E-state index contributed by atoms with van der Waals surface area (Å²) in [5.41, 5.74) is 1.77. The quantitative estimate of drug-likeness (QED) is 0.789. The van der Waals surface area contributed by atoms with E-state index in [1.807, 2.05) is 6.92 Å². The summed E-state index contributed by atoms with van der Waals surface area (Å²) in [7, 11) is 0. The Morgan fingerprint density at radius 1 is 1.26 bits per heavy atom. The zero-order valence-corrected chi connectivity index (χ0v) is 13.0. The summed E-state index contributed by atoms with van der Waals surface area (Å²) < 4.78 is 0.667. The fourth-order valence-corrected chi connectivity index (χ4v) is 2.11. The summed E-state index contributed by atoms with van der Waals surface area (Å²) in [5, 5.41) is 3.70. The number of anilines is 1. The van der Waals surface area contributed by atoms with E-state index in [1.165, 1.54) is 6.20 Å². The number of hydrogen-bond acceptors (Lipinski definition) is 2. The van der Waals surface area contributed by atoms with Crippen LogP contribution in [0.4, 0.5) is 5.69 Å². The van der Waals surface area contributed by atoms with Gasteiger partial charge in [-0.3, -0.25) is 4.79 Å². The van der Waals surface area contributed by atoms with Gasteiger partial charge in [-0.15, -0.1) is 0 Å². The Balaban J connectivity index is 2.24. The van der Waals surface area contributed by atoms with Gasteiger partial charge in [-0.1, -0.05) is 23.2 Å². The summed E-state index contributed by atoms with van der Waals surface area (Å²) in [6, 6.07) is 6.69. The van der Waals surface area contributed by atoms with E-state index in [4.69, 9.17) is 23.2 Å². The number of aryl methyl sites for hydroxylation is 1. The summed E-state index contributed by atoms with van der Waals surface area (Å²) in [6.45, 7) is 1.85. The Labute approximate surface area is 129 Å². The third-order valence-electron chi connectivity index (χ3n) is 2.49. The second-order valence-electron chi connectivity index (χ2n) is 3.90. The van der Waals surface area contributed by atoms with Crippen LogP contribution in [-0.4, -0.2) is 10.9 Å². The molecule has 1 aromatic carbocycles. The van der Waals surface area contributed by atoms with Crippen molar-refractivity contribution >= 4 is 50.7 Å². The highest BCUT2D eigenvalue weighted by Gasteiger charge is 2.10. The largest absolute Gasteiger partial charge is 0.321 e. The van der Waals surface area contributed by atoms with Gasteiger partial charge in [0.25, 0.3) is 5.91 Å². The molecule has 0 spiro atoms. The van der Waals surface area contributed by atoms with E-state index in [9.17, 15) is 4.79 Å². The monoisotopic (exact) mass is 358 g/mol. The van der Waals surface area contributed by atoms with E-state index in [0.717, 1.165) is 5.56 Å². The lowest BCUT2D eigenvalue weighted by Crippen LogP contribution is -2.12. The molecule has 1 heterocycles. The lowest BCUT2D eigenvalue weighted by molar-refractivity contribution is 0.102. The maximum atomic E-state index is 12.0. The van der Waals surface area contributed by atoms with Gasteiger partial charge in [0.2, 0.25) is 0 Å². The molecule has 1 N–H and O–H groups in total. The fraction of sp³-hybridized carbons (Fsp3) is 0.0769. The van der Waals surface area contributed by atoms with Crippen molar-refractivity contribution in [1.82, 2.24) is 4.98 Å². The predicted molar refractivity (Wildman–Crippen MR) is 81.1 cm³/mol. The molecule has 0 aliphatic carbocycles. The summed E-state index contributed by atoms with van der Waals surface area (Å²) in [4.78, 5) is 16.0. The number of aromatic nitrogens is 1. The maximum absolute atomic E-state index is 12.0. The summed E-state index contributed by atoms with van der Waals surface area (Å²) in [6.07, 6.45) is 1.48. The van der Waals surface area contributed by atoms with Gasteiger partial charge in [0.05, 0.1) is 16.3 Å². The van der Waals surface area contributed by atoms with Crippen LogP contribution in [0.1, 0.15) is 15.9 Å². The molecule has 1 aromatic heterocycles. The predicted octanol–water partition coefficient (Wildman–Crippen LogP) is 4.71. The lowest BCUT2D eigenvalue weighted by atomic mass is 10.2. The first kappa shape index (κ1) is 14.3. The summed E-state index contributed by atoms with van der Waals surface area (Å²) >= 11 is 15.3. The van der Waals surface area contributed by atoms with E-state index in [1.54, 1.807) is 24.3 Å². The third kappa shape index (κ3) is 3.47. The number of amides is 1. The van der Waals surface area contributed by atoms with Crippen molar-refractivity contribution in [2.45, 2.75) is 6.92 Å². The van der Waals surface area contributed by atoms with Crippen molar-refractivity contribution in [3.63, 3.8) is 0 Å². The smallest absolute Gasteiger partial charge is 0.257 e. The number of carbonyl (C=O) groups excluding carboxylic acids is 1. The van der Waals surface area contributed by atoms with Crippen molar-refractivity contribution in [3.8, 4) is 0 Å². The van der Waals surface area contributed by atoms with Gasteiger partial charge in [-0.2, -0.15) is 0 Å². The molecule has 2 rings (SSSR count). The van der Waals surface area contributed by atoms with Gasteiger partial charge in [0.1, 0.15) is 4.60 Å². The average molecular weight is 360 g/mol. The van der Waals surface area contributed by atoms with Gasteiger partial charge in [0, 0.05) is 11.2 Å². The number of hydrogen-bond donors (Lipinski definition) is 1. The molecule has 2 aromatic rings. The molecule has 0 saturated heterocycles. The van der Waals surface area contributed by atoms with Gasteiger partial charge in [-0.05, 0) is 52.7 Å². The maximum Gasteiger partial charge on any atom is 0.257 e. The van der Waals surface area contributed by atoms with Crippen LogP contribution in [0.15, 0.2) is 35.1 Å². The van der Waals surface area contributed by atoms with E-state index in [2.05, 4.69) is 26.2 Å². The molecule has 98 valence electrons. The Hall–Kier alpha value is -1.10. The second kappa shape index (κ2) is 5.90. The molecule has 0 bridgehead atoms. The van der Waals surface area contributed by atoms with Crippen molar-refractivity contribution in [3.05, 3.63) is 56.2 Å². The first-order valence-electron chi connectivity index (χ1n) is 5.36.